The summed E-state index contributed by atoms with van der Waals surface area (Å²) < 4.78 is 5.20. The Morgan fingerprint density at radius 1 is 1.26 bits per heavy atom. The van der Waals surface area contributed by atoms with E-state index < -0.39 is 0 Å². The highest BCUT2D eigenvalue weighted by Crippen LogP contribution is 2.12. The monoisotopic (exact) mass is 491 g/mol. The molecule has 0 atom stereocenters. The van der Waals surface area contributed by atoms with Gasteiger partial charge in [-0.1, -0.05) is 11.6 Å². The van der Waals surface area contributed by atoms with E-state index in [0.717, 1.165) is 74.8 Å². The average Bonchev–Trinajstić information content (AvgIpc) is 2.81. The summed E-state index contributed by atoms with van der Waals surface area (Å²) >= 11 is 0. The highest BCUT2D eigenvalue weighted by molar-refractivity contribution is 14.0. The molecule has 1 amide bonds. The van der Waals surface area contributed by atoms with Crippen LogP contribution in [-0.4, -0.2) is 54.6 Å². The maximum Gasteiger partial charge on any atom is 0.222 e. The van der Waals surface area contributed by atoms with Crippen molar-refractivity contribution in [1.82, 2.24) is 20.7 Å². The standard InChI is InChI=1S/C19H33N5O2.HI/c1-4-20-19(22-12-10-17-15(2)23-26-16(17)3)21-11-8-14-24-13-7-5-6-9-18(24)25;/h4-14H2,1-3H3,(H2,20,21,22);1H. The third-order valence-electron chi connectivity index (χ3n) is 4.72. The van der Waals surface area contributed by atoms with Gasteiger partial charge in [0.2, 0.25) is 5.91 Å². The Bertz CT molecular complexity index is 583. The summed E-state index contributed by atoms with van der Waals surface area (Å²) in [5.74, 6) is 2.01. The van der Waals surface area contributed by atoms with Gasteiger partial charge in [-0.25, -0.2) is 0 Å². The minimum atomic E-state index is 0. The Morgan fingerprint density at radius 3 is 2.78 bits per heavy atom. The number of nitrogens with one attached hydrogen (secondary N) is 2. The predicted molar refractivity (Wildman–Crippen MR) is 119 cm³/mol. The Kier molecular flexibility index (Phi) is 11.4. The van der Waals surface area contributed by atoms with Crippen molar-refractivity contribution < 1.29 is 9.32 Å². The van der Waals surface area contributed by atoms with Crippen molar-refractivity contribution in [3.63, 3.8) is 0 Å². The molecule has 0 spiro atoms. The Morgan fingerprint density at radius 2 is 2.07 bits per heavy atom. The third kappa shape index (κ3) is 8.06. The molecule has 2 N–H and O–H groups in total. The second-order valence-corrected chi connectivity index (χ2v) is 6.79. The fourth-order valence-corrected chi connectivity index (χ4v) is 3.23. The van der Waals surface area contributed by atoms with Crippen molar-refractivity contribution in [2.45, 2.75) is 59.3 Å². The van der Waals surface area contributed by atoms with Gasteiger partial charge in [0.15, 0.2) is 5.96 Å². The van der Waals surface area contributed by atoms with Gasteiger partial charge in [-0.05, 0) is 46.5 Å². The summed E-state index contributed by atoms with van der Waals surface area (Å²) in [5.41, 5.74) is 2.11. The molecule has 1 aromatic heterocycles. The van der Waals surface area contributed by atoms with E-state index in [-0.39, 0.29) is 24.0 Å². The molecular formula is C19H34IN5O2. The maximum absolute atomic E-state index is 12.0. The topological polar surface area (TPSA) is 82.8 Å². The summed E-state index contributed by atoms with van der Waals surface area (Å²) in [6, 6.07) is 0. The Balaban J connectivity index is 0.00000364. The van der Waals surface area contributed by atoms with E-state index in [1.54, 1.807) is 0 Å². The van der Waals surface area contributed by atoms with Crippen LogP contribution in [0.3, 0.4) is 0 Å². The zero-order valence-corrected chi connectivity index (χ0v) is 19.2. The molecule has 1 saturated heterocycles. The molecule has 7 nitrogen and oxygen atoms in total. The first-order valence-corrected chi connectivity index (χ1v) is 9.83. The second-order valence-electron chi connectivity index (χ2n) is 6.79. The van der Waals surface area contributed by atoms with E-state index in [4.69, 9.17) is 4.52 Å². The molecule has 27 heavy (non-hydrogen) atoms. The summed E-state index contributed by atoms with van der Waals surface area (Å²) in [5, 5.41) is 10.6. The molecule has 0 aromatic carbocycles. The molecular weight excluding hydrogens is 457 g/mol. The lowest BCUT2D eigenvalue weighted by molar-refractivity contribution is -0.130. The molecule has 2 heterocycles. The summed E-state index contributed by atoms with van der Waals surface area (Å²) in [6.45, 7) is 9.99. The number of aryl methyl sites for hydroxylation is 2. The van der Waals surface area contributed by atoms with Gasteiger partial charge >= 0.3 is 0 Å². The van der Waals surface area contributed by atoms with Crippen LogP contribution in [0.5, 0.6) is 0 Å². The Labute approximate surface area is 179 Å². The van der Waals surface area contributed by atoms with Crippen molar-refractivity contribution in [2.75, 3.05) is 32.7 Å². The number of aliphatic imine (C=N–C) groups is 1. The lowest BCUT2D eigenvalue weighted by atomic mass is 10.1. The van der Waals surface area contributed by atoms with Gasteiger partial charge in [-0.15, -0.1) is 24.0 Å². The van der Waals surface area contributed by atoms with Gasteiger partial charge in [-0.2, -0.15) is 0 Å². The summed E-state index contributed by atoms with van der Waals surface area (Å²) in [7, 11) is 0. The van der Waals surface area contributed by atoms with Crippen LogP contribution in [0.15, 0.2) is 9.52 Å². The molecule has 0 bridgehead atoms. The molecule has 1 aromatic rings. The number of nitrogens with zero attached hydrogens (tertiary/aromatic N) is 3. The highest BCUT2D eigenvalue weighted by atomic mass is 127. The first-order chi connectivity index (χ1) is 12.6. The zero-order chi connectivity index (χ0) is 18.8. The van der Waals surface area contributed by atoms with Gasteiger partial charge < -0.3 is 20.1 Å². The summed E-state index contributed by atoms with van der Waals surface area (Å²) in [6.07, 6.45) is 5.78. The SMILES string of the molecule is CCNC(=NCCCN1CCCCCC1=O)NCCc1c(C)noc1C.I. The fourth-order valence-electron chi connectivity index (χ4n) is 3.23. The van der Waals surface area contributed by atoms with Gasteiger partial charge in [0, 0.05) is 44.7 Å². The van der Waals surface area contributed by atoms with Crippen LogP contribution in [-0.2, 0) is 11.2 Å². The van der Waals surface area contributed by atoms with Crippen LogP contribution in [0.4, 0.5) is 0 Å². The highest BCUT2D eigenvalue weighted by Gasteiger charge is 2.15. The van der Waals surface area contributed by atoms with Crippen molar-refractivity contribution in [1.29, 1.82) is 0 Å². The molecule has 1 fully saturated rings. The fraction of sp³-hybridized carbons (Fsp3) is 0.737. The van der Waals surface area contributed by atoms with Gasteiger partial charge in [0.1, 0.15) is 5.76 Å². The molecule has 1 aliphatic heterocycles. The number of amides is 1. The average molecular weight is 491 g/mol. The summed E-state index contributed by atoms with van der Waals surface area (Å²) in [4.78, 5) is 18.6. The molecule has 0 saturated carbocycles. The number of hydrogen-bond acceptors (Lipinski definition) is 4. The van der Waals surface area contributed by atoms with E-state index in [1.807, 2.05) is 18.7 Å². The minimum absolute atomic E-state index is 0. The van der Waals surface area contributed by atoms with E-state index in [0.29, 0.717) is 18.9 Å². The Hall–Kier alpha value is -1.32. The predicted octanol–water partition coefficient (Wildman–Crippen LogP) is 2.80. The number of hydrogen-bond donors (Lipinski definition) is 2. The van der Waals surface area contributed by atoms with E-state index in [2.05, 4.69) is 27.7 Å². The van der Waals surface area contributed by atoms with Gasteiger partial charge in [0.05, 0.1) is 5.69 Å². The molecule has 8 heteroatoms. The quantitative estimate of drug-likeness (QED) is 0.253. The number of carbonyl (C=O) groups excluding carboxylic acids is 1. The van der Waals surface area contributed by atoms with Crippen molar-refractivity contribution >= 4 is 35.8 Å². The molecule has 154 valence electrons. The molecule has 0 unspecified atom stereocenters. The largest absolute Gasteiger partial charge is 0.361 e. The van der Waals surface area contributed by atoms with Crippen molar-refractivity contribution in [3.8, 4) is 0 Å². The number of aromatic nitrogens is 1. The number of rotatable bonds is 8. The number of likely N-dealkylation sites (tertiary alicyclic amines) is 1. The van der Waals surface area contributed by atoms with Gasteiger partial charge in [-0.3, -0.25) is 9.79 Å². The third-order valence-corrected chi connectivity index (χ3v) is 4.72. The van der Waals surface area contributed by atoms with E-state index in [1.165, 1.54) is 6.42 Å². The van der Waals surface area contributed by atoms with Crippen LogP contribution in [0.1, 0.15) is 56.0 Å². The minimum Gasteiger partial charge on any atom is -0.361 e. The van der Waals surface area contributed by atoms with Crippen molar-refractivity contribution in [2.24, 2.45) is 4.99 Å². The molecule has 0 radical (unpaired) electrons. The second kappa shape index (κ2) is 13.0. The maximum atomic E-state index is 12.0. The number of halogens is 1. The van der Waals surface area contributed by atoms with E-state index >= 15 is 0 Å². The lowest BCUT2D eigenvalue weighted by Gasteiger charge is -2.20. The smallest absolute Gasteiger partial charge is 0.222 e. The van der Waals surface area contributed by atoms with Crippen LogP contribution in [0, 0.1) is 13.8 Å². The number of guanidine groups is 1. The van der Waals surface area contributed by atoms with Crippen LogP contribution in [0.25, 0.3) is 0 Å². The van der Waals surface area contributed by atoms with Crippen LogP contribution in [0.2, 0.25) is 0 Å². The number of carbonyl (C=O) groups is 1. The normalized spacial score (nSPS) is 15.3. The zero-order valence-electron chi connectivity index (χ0n) is 16.8. The molecule has 2 rings (SSSR count). The van der Waals surface area contributed by atoms with Gasteiger partial charge in [0.25, 0.3) is 0 Å². The van der Waals surface area contributed by atoms with Crippen LogP contribution >= 0.6 is 24.0 Å². The first kappa shape index (κ1) is 23.7. The lowest BCUT2D eigenvalue weighted by Crippen LogP contribution is -2.38. The van der Waals surface area contributed by atoms with Crippen molar-refractivity contribution in [3.05, 3.63) is 17.0 Å². The molecule has 1 aliphatic rings. The first-order valence-electron chi connectivity index (χ1n) is 9.83. The van der Waals surface area contributed by atoms with Crippen LogP contribution < -0.4 is 10.6 Å². The molecule has 0 aliphatic carbocycles. The van der Waals surface area contributed by atoms with E-state index in [9.17, 15) is 4.79 Å².